The predicted octanol–water partition coefficient (Wildman–Crippen LogP) is 1.89. The second-order valence-electron chi connectivity index (χ2n) is 2.79. The minimum atomic E-state index is -3.00. The Bertz CT molecular complexity index is 368. The van der Waals surface area contributed by atoms with Crippen molar-refractivity contribution in [3.63, 3.8) is 0 Å². The van der Waals surface area contributed by atoms with E-state index in [2.05, 4.69) is 8.83 Å². The van der Waals surface area contributed by atoms with Gasteiger partial charge in [-0.05, 0) is 5.56 Å². The monoisotopic (exact) mass is 264 g/mol. The molecule has 0 aliphatic heterocycles. The lowest BCUT2D eigenvalue weighted by Gasteiger charge is -2.02. The normalized spacial score (nSPS) is 14.4. The fourth-order valence-corrected chi connectivity index (χ4v) is 1.91. The van der Waals surface area contributed by atoms with Gasteiger partial charge in [0.2, 0.25) is 6.29 Å². The Morgan fingerprint density at radius 1 is 1.25 bits per heavy atom. The van der Waals surface area contributed by atoms with Gasteiger partial charge in [-0.1, -0.05) is 34.9 Å². The summed E-state index contributed by atoms with van der Waals surface area (Å²) in [6.45, 7) is 0. The molecule has 16 heavy (non-hydrogen) atoms. The van der Waals surface area contributed by atoms with Crippen LogP contribution in [-0.4, -0.2) is 16.3 Å². The molecule has 1 aromatic rings. The molecule has 0 aliphatic rings. The summed E-state index contributed by atoms with van der Waals surface area (Å²) < 4.78 is 29.4. The van der Waals surface area contributed by atoms with Crippen LogP contribution in [0.2, 0.25) is 0 Å². The minimum Gasteiger partial charge on any atom is -0.364 e. The molecule has 1 rings (SSSR count). The first-order valence-electron chi connectivity index (χ1n) is 4.28. The zero-order valence-corrected chi connectivity index (χ0v) is 9.88. The van der Waals surface area contributed by atoms with E-state index >= 15 is 0 Å². The van der Waals surface area contributed by atoms with Crippen molar-refractivity contribution in [2.75, 3.05) is 0 Å². The van der Waals surface area contributed by atoms with Crippen LogP contribution in [0.3, 0.4) is 0 Å². The van der Waals surface area contributed by atoms with E-state index in [9.17, 15) is 14.2 Å². The second-order valence-corrected chi connectivity index (χ2v) is 4.58. The van der Waals surface area contributed by atoms with Crippen molar-refractivity contribution >= 4 is 16.5 Å². The number of benzene rings is 1. The zero-order chi connectivity index (χ0) is 12.0. The molecule has 8 heteroatoms. The summed E-state index contributed by atoms with van der Waals surface area (Å²) in [4.78, 5) is 8.27. The van der Waals surface area contributed by atoms with E-state index in [1.165, 1.54) is 0 Å². The molecule has 0 radical (unpaired) electrons. The Morgan fingerprint density at radius 3 is 2.44 bits per heavy atom. The number of hydrogen-bond donors (Lipinski definition) is 2. The SMILES string of the molecule is O=[P+](O)O[P+](=O)OC(O)Cc1ccccc1. The Labute approximate surface area is 93.7 Å². The Balaban J connectivity index is 2.39. The summed E-state index contributed by atoms with van der Waals surface area (Å²) in [7, 11) is -5.79. The van der Waals surface area contributed by atoms with Gasteiger partial charge in [0.15, 0.2) is 4.31 Å². The summed E-state index contributed by atoms with van der Waals surface area (Å²) in [6, 6.07) is 8.89. The van der Waals surface area contributed by atoms with E-state index in [0.29, 0.717) is 0 Å². The Kier molecular flexibility index (Phi) is 5.63. The number of hydrogen-bond acceptors (Lipinski definition) is 5. The maximum absolute atomic E-state index is 10.9. The van der Waals surface area contributed by atoms with Crippen LogP contribution in [0.15, 0.2) is 30.3 Å². The van der Waals surface area contributed by atoms with Gasteiger partial charge in [0.05, 0.1) is 0 Å². The van der Waals surface area contributed by atoms with Gasteiger partial charge in [0.25, 0.3) is 0 Å². The highest BCUT2D eigenvalue weighted by atomic mass is 31.2. The maximum atomic E-state index is 10.9. The average Bonchev–Trinajstić information content (AvgIpc) is 2.17. The van der Waals surface area contributed by atoms with Gasteiger partial charge in [-0.15, -0.1) is 4.89 Å². The van der Waals surface area contributed by atoms with Gasteiger partial charge in [-0.2, -0.15) is 0 Å². The third-order valence-corrected chi connectivity index (χ3v) is 3.11. The Hall–Kier alpha value is -0.740. The second kappa shape index (κ2) is 6.76. The van der Waals surface area contributed by atoms with E-state index in [1.54, 1.807) is 24.3 Å². The largest absolute Gasteiger partial charge is 0.750 e. The molecule has 3 unspecified atom stereocenters. The average molecular weight is 264 g/mol. The van der Waals surface area contributed by atoms with Crippen molar-refractivity contribution in [1.29, 1.82) is 0 Å². The van der Waals surface area contributed by atoms with Crippen molar-refractivity contribution in [3.05, 3.63) is 35.9 Å². The van der Waals surface area contributed by atoms with Crippen molar-refractivity contribution in [2.45, 2.75) is 12.7 Å². The third kappa shape index (κ3) is 5.37. The van der Waals surface area contributed by atoms with Crippen LogP contribution in [0.4, 0.5) is 0 Å². The summed E-state index contributed by atoms with van der Waals surface area (Å²) in [5.41, 5.74) is 0.784. The van der Waals surface area contributed by atoms with Crippen LogP contribution in [0.1, 0.15) is 5.56 Å². The number of aliphatic hydroxyl groups excluding tert-OH is 1. The van der Waals surface area contributed by atoms with E-state index < -0.39 is 22.8 Å². The standard InChI is InChI=1S/C8H9O6P2/c9-8(13-16(12)14-15(10)11)6-7-4-2-1-3-5-7/h1-5,8-9H,6H2/q+1/p+1. The molecule has 0 bridgehead atoms. The summed E-state index contributed by atoms with van der Waals surface area (Å²) >= 11 is 0. The molecule has 1 aromatic carbocycles. The third-order valence-electron chi connectivity index (χ3n) is 1.60. The molecular formula is C8H10O6P2+2. The molecule has 86 valence electrons. The summed E-state index contributed by atoms with van der Waals surface area (Å²) in [6.07, 6.45) is -1.23. The van der Waals surface area contributed by atoms with Crippen LogP contribution < -0.4 is 0 Å². The van der Waals surface area contributed by atoms with Gasteiger partial charge in [-0.25, -0.2) is 0 Å². The van der Waals surface area contributed by atoms with Crippen LogP contribution in [0, 0.1) is 0 Å². The Morgan fingerprint density at radius 2 is 1.88 bits per heavy atom. The lowest BCUT2D eigenvalue weighted by Crippen LogP contribution is -2.11. The molecule has 0 fully saturated rings. The number of aliphatic hydroxyl groups is 1. The molecule has 3 atom stereocenters. The van der Waals surface area contributed by atoms with Crippen LogP contribution in [-0.2, 0) is 24.4 Å². The quantitative estimate of drug-likeness (QED) is 0.602. The van der Waals surface area contributed by atoms with Crippen LogP contribution in [0.25, 0.3) is 0 Å². The van der Waals surface area contributed by atoms with Crippen molar-refractivity contribution in [3.8, 4) is 0 Å². The molecule has 0 spiro atoms. The van der Waals surface area contributed by atoms with Gasteiger partial charge in [0.1, 0.15) is 0 Å². The molecule has 0 aromatic heterocycles. The maximum Gasteiger partial charge on any atom is 0.750 e. The highest BCUT2D eigenvalue weighted by Crippen LogP contribution is 2.37. The van der Waals surface area contributed by atoms with E-state index in [4.69, 9.17) is 4.89 Å². The first-order chi connectivity index (χ1) is 7.58. The molecule has 0 heterocycles. The summed E-state index contributed by atoms with van der Waals surface area (Å²) in [5, 5.41) is 9.32. The van der Waals surface area contributed by atoms with E-state index in [1.807, 2.05) is 6.07 Å². The summed E-state index contributed by atoms with van der Waals surface area (Å²) in [5.74, 6) is 0. The minimum absolute atomic E-state index is 0.119. The highest BCUT2D eigenvalue weighted by Gasteiger charge is 2.39. The lowest BCUT2D eigenvalue weighted by atomic mass is 10.1. The number of rotatable bonds is 6. The molecular weight excluding hydrogens is 254 g/mol. The van der Waals surface area contributed by atoms with E-state index in [-0.39, 0.29) is 6.42 Å². The molecule has 6 nitrogen and oxygen atoms in total. The first-order valence-corrected chi connectivity index (χ1v) is 6.50. The van der Waals surface area contributed by atoms with E-state index in [0.717, 1.165) is 5.56 Å². The topological polar surface area (TPSA) is 93.1 Å². The fraction of sp³-hybridized carbons (Fsp3) is 0.250. The van der Waals surface area contributed by atoms with Gasteiger partial charge in [0, 0.05) is 15.6 Å². The van der Waals surface area contributed by atoms with Crippen LogP contribution >= 0.6 is 16.5 Å². The molecule has 0 aliphatic carbocycles. The van der Waals surface area contributed by atoms with Crippen molar-refractivity contribution in [2.24, 2.45) is 0 Å². The molecule has 0 amide bonds. The molecule has 0 saturated carbocycles. The molecule has 2 N–H and O–H groups in total. The lowest BCUT2D eigenvalue weighted by molar-refractivity contribution is -0.0161. The highest BCUT2D eigenvalue weighted by molar-refractivity contribution is 7.47. The van der Waals surface area contributed by atoms with Gasteiger partial charge < -0.3 is 5.11 Å². The zero-order valence-electron chi connectivity index (χ0n) is 8.09. The fourth-order valence-electron chi connectivity index (χ4n) is 1.03. The molecule has 0 saturated heterocycles. The van der Waals surface area contributed by atoms with Crippen molar-refractivity contribution < 1.29 is 28.0 Å². The predicted molar refractivity (Wildman–Crippen MR) is 55.8 cm³/mol. The van der Waals surface area contributed by atoms with Gasteiger partial charge in [-0.3, -0.25) is 0 Å². The van der Waals surface area contributed by atoms with Crippen LogP contribution in [0.5, 0.6) is 0 Å². The first kappa shape index (κ1) is 13.3. The van der Waals surface area contributed by atoms with Crippen molar-refractivity contribution in [1.82, 2.24) is 0 Å². The van der Waals surface area contributed by atoms with Gasteiger partial charge >= 0.3 is 16.5 Å². The smallest absolute Gasteiger partial charge is 0.364 e.